The van der Waals surface area contributed by atoms with E-state index in [-0.39, 0.29) is 5.91 Å². The predicted molar refractivity (Wildman–Crippen MR) is 115 cm³/mol. The van der Waals surface area contributed by atoms with E-state index in [0.29, 0.717) is 31.9 Å². The number of morpholine rings is 1. The molecule has 6 heteroatoms. The van der Waals surface area contributed by atoms with Crippen molar-refractivity contribution in [2.45, 2.75) is 13.8 Å². The molecule has 0 unspecified atom stereocenters. The molecule has 4 rings (SSSR count). The average molecular weight is 390 g/mol. The van der Waals surface area contributed by atoms with Crippen molar-refractivity contribution in [1.82, 2.24) is 15.1 Å². The first-order valence-corrected chi connectivity index (χ1v) is 10.2. The number of amides is 1. The number of aromatic nitrogens is 2. The fourth-order valence-corrected chi connectivity index (χ4v) is 3.78. The summed E-state index contributed by atoms with van der Waals surface area (Å²) in [5, 5.41) is 11.3. The normalized spacial score (nSPS) is 14.2. The Balaban J connectivity index is 1.70. The largest absolute Gasteiger partial charge is 0.378 e. The topological polar surface area (TPSA) is 58.6 Å². The maximum atomic E-state index is 12.6. The number of fused-ring (bicyclic) bond motifs is 1. The van der Waals surface area contributed by atoms with Crippen molar-refractivity contribution in [3.05, 3.63) is 54.1 Å². The van der Waals surface area contributed by atoms with E-state index >= 15 is 0 Å². The van der Waals surface area contributed by atoms with Crippen molar-refractivity contribution in [2.75, 3.05) is 44.3 Å². The molecule has 2 heterocycles. The number of benzene rings is 2. The van der Waals surface area contributed by atoms with Crippen LogP contribution in [-0.4, -0.2) is 60.4 Å². The summed E-state index contributed by atoms with van der Waals surface area (Å²) in [4.78, 5) is 16.6. The number of carbonyl (C=O) groups excluding carboxylic acids is 1. The lowest BCUT2D eigenvalue weighted by molar-refractivity contribution is 0.0773. The minimum absolute atomic E-state index is 0.0557. The minimum atomic E-state index is 0.0557. The van der Waals surface area contributed by atoms with Gasteiger partial charge in [0.05, 0.1) is 13.2 Å². The summed E-state index contributed by atoms with van der Waals surface area (Å²) in [7, 11) is 0. The molecule has 3 aromatic rings. The number of rotatable bonds is 5. The molecule has 0 N–H and O–H groups in total. The molecule has 0 spiro atoms. The van der Waals surface area contributed by atoms with Crippen LogP contribution in [0.4, 0.5) is 5.82 Å². The SMILES string of the molecule is CCN(CC)C(=O)c1ccc(-c2nnc(N3CCOCC3)c3ccccc23)cc1. The number of anilines is 1. The van der Waals surface area contributed by atoms with E-state index in [9.17, 15) is 4.79 Å². The molecule has 0 aliphatic carbocycles. The van der Waals surface area contributed by atoms with E-state index in [1.54, 1.807) is 0 Å². The van der Waals surface area contributed by atoms with E-state index in [1.807, 2.05) is 55.1 Å². The molecule has 1 aliphatic rings. The molecule has 1 aromatic heterocycles. The second-order valence-corrected chi connectivity index (χ2v) is 7.07. The monoisotopic (exact) mass is 390 g/mol. The van der Waals surface area contributed by atoms with Gasteiger partial charge in [-0.25, -0.2) is 0 Å². The van der Waals surface area contributed by atoms with Gasteiger partial charge in [0.15, 0.2) is 5.82 Å². The van der Waals surface area contributed by atoms with E-state index in [4.69, 9.17) is 4.74 Å². The molecule has 0 atom stereocenters. The number of nitrogens with zero attached hydrogens (tertiary/aromatic N) is 4. The highest BCUT2D eigenvalue weighted by Crippen LogP contribution is 2.31. The third-order valence-electron chi connectivity index (χ3n) is 5.43. The predicted octanol–water partition coefficient (Wildman–Crippen LogP) is 3.62. The van der Waals surface area contributed by atoms with Gasteiger partial charge in [-0.2, -0.15) is 0 Å². The molecule has 2 aromatic carbocycles. The van der Waals surface area contributed by atoms with Crippen molar-refractivity contribution in [3.8, 4) is 11.3 Å². The van der Waals surface area contributed by atoms with Gasteiger partial charge in [0.25, 0.3) is 5.91 Å². The highest BCUT2D eigenvalue weighted by molar-refractivity contribution is 6.01. The molecule has 29 heavy (non-hydrogen) atoms. The van der Waals surface area contributed by atoms with E-state index in [1.165, 1.54) is 0 Å². The smallest absolute Gasteiger partial charge is 0.253 e. The number of hydrogen-bond donors (Lipinski definition) is 0. The molecule has 0 radical (unpaired) electrons. The number of ether oxygens (including phenoxy) is 1. The van der Waals surface area contributed by atoms with Crippen LogP contribution >= 0.6 is 0 Å². The lowest BCUT2D eigenvalue weighted by Gasteiger charge is -2.28. The van der Waals surface area contributed by atoms with E-state index in [2.05, 4.69) is 27.2 Å². The lowest BCUT2D eigenvalue weighted by Crippen LogP contribution is -2.37. The molecule has 0 bridgehead atoms. The zero-order valence-electron chi connectivity index (χ0n) is 17.0. The Morgan fingerprint density at radius 1 is 0.966 bits per heavy atom. The molecule has 1 amide bonds. The van der Waals surface area contributed by atoms with Crippen molar-refractivity contribution < 1.29 is 9.53 Å². The Kier molecular flexibility index (Phi) is 5.71. The summed E-state index contributed by atoms with van der Waals surface area (Å²) < 4.78 is 5.47. The first kappa shape index (κ1) is 19.3. The molecular weight excluding hydrogens is 364 g/mol. The summed E-state index contributed by atoms with van der Waals surface area (Å²) >= 11 is 0. The minimum Gasteiger partial charge on any atom is -0.378 e. The van der Waals surface area contributed by atoms with Crippen LogP contribution in [0.3, 0.4) is 0 Å². The maximum Gasteiger partial charge on any atom is 0.253 e. The molecule has 6 nitrogen and oxygen atoms in total. The Morgan fingerprint density at radius 2 is 1.62 bits per heavy atom. The molecule has 1 fully saturated rings. The van der Waals surface area contributed by atoms with Gasteiger partial charge in [0.1, 0.15) is 5.69 Å². The molecule has 1 saturated heterocycles. The van der Waals surface area contributed by atoms with E-state index < -0.39 is 0 Å². The van der Waals surface area contributed by atoms with Gasteiger partial charge >= 0.3 is 0 Å². The van der Waals surface area contributed by atoms with Gasteiger partial charge < -0.3 is 14.5 Å². The Hall–Kier alpha value is -2.99. The summed E-state index contributed by atoms with van der Waals surface area (Å²) in [6, 6.07) is 15.9. The zero-order chi connectivity index (χ0) is 20.2. The van der Waals surface area contributed by atoms with Crippen LogP contribution in [0, 0.1) is 0 Å². The summed E-state index contributed by atoms with van der Waals surface area (Å²) in [6.07, 6.45) is 0. The third-order valence-corrected chi connectivity index (χ3v) is 5.43. The molecule has 1 aliphatic heterocycles. The summed E-state index contributed by atoms with van der Waals surface area (Å²) in [6.45, 7) is 8.45. The van der Waals surface area contributed by atoms with Crippen LogP contribution in [0.15, 0.2) is 48.5 Å². The second-order valence-electron chi connectivity index (χ2n) is 7.07. The highest BCUT2D eigenvalue weighted by Gasteiger charge is 2.19. The van der Waals surface area contributed by atoms with Crippen LogP contribution in [0.5, 0.6) is 0 Å². The molecular formula is C23H26N4O2. The van der Waals surface area contributed by atoms with Crippen LogP contribution in [0.25, 0.3) is 22.0 Å². The fraction of sp³-hybridized carbons (Fsp3) is 0.348. The van der Waals surface area contributed by atoms with Crippen molar-refractivity contribution in [2.24, 2.45) is 0 Å². The second kappa shape index (κ2) is 8.57. The fourth-order valence-electron chi connectivity index (χ4n) is 3.78. The summed E-state index contributed by atoms with van der Waals surface area (Å²) in [5.41, 5.74) is 2.48. The number of carbonyl (C=O) groups is 1. The van der Waals surface area contributed by atoms with Gasteiger partial charge in [0, 0.05) is 48.1 Å². The Labute approximate surface area is 171 Å². The van der Waals surface area contributed by atoms with Crippen molar-refractivity contribution in [3.63, 3.8) is 0 Å². The Bertz CT molecular complexity index is 993. The quantitative estimate of drug-likeness (QED) is 0.666. The van der Waals surface area contributed by atoms with Crippen LogP contribution in [-0.2, 0) is 4.74 Å². The zero-order valence-corrected chi connectivity index (χ0v) is 17.0. The maximum absolute atomic E-state index is 12.6. The standard InChI is InChI=1S/C23H26N4O2/c1-3-26(4-2)23(28)18-11-9-17(10-12-18)21-19-7-5-6-8-20(19)22(25-24-21)27-13-15-29-16-14-27/h5-12H,3-4,13-16H2,1-2H3. The number of hydrogen-bond acceptors (Lipinski definition) is 5. The van der Waals surface area contributed by atoms with Gasteiger partial charge in [-0.3, -0.25) is 4.79 Å². The van der Waals surface area contributed by atoms with Gasteiger partial charge in [-0.05, 0) is 26.0 Å². The van der Waals surface area contributed by atoms with E-state index in [0.717, 1.165) is 40.9 Å². The first-order valence-electron chi connectivity index (χ1n) is 10.2. The van der Waals surface area contributed by atoms with Gasteiger partial charge in [-0.1, -0.05) is 36.4 Å². The van der Waals surface area contributed by atoms with Crippen LogP contribution in [0.1, 0.15) is 24.2 Å². The highest BCUT2D eigenvalue weighted by atomic mass is 16.5. The molecule has 0 saturated carbocycles. The van der Waals surface area contributed by atoms with Gasteiger partial charge in [-0.15, -0.1) is 10.2 Å². The Morgan fingerprint density at radius 3 is 2.28 bits per heavy atom. The lowest BCUT2D eigenvalue weighted by atomic mass is 10.0. The third kappa shape index (κ3) is 3.80. The first-order chi connectivity index (χ1) is 14.2. The van der Waals surface area contributed by atoms with Crippen LogP contribution < -0.4 is 4.90 Å². The van der Waals surface area contributed by atoms with Gasteiger partial charge in [0.2, 0.25) is 0 Å². The van der Waals surface area contributed by atoms with Crippen molar-refractivity contribution >= 4 is 22.5 Å². The molecule has 150 valence electrons. The summed E-state index contributed by atoms with van der Waals surface area (Å²) in [5.74, 6) is 0.959. The van der Waals surface area contributed by atoms with Crippen molar-refractivity contribution in [1.29, 1.82) is 0 Å². The van der Waals surface area contributed by atoms with Crippen LogP contribution in [0.2, 0.25) is 0 Å². The average Bonchev–Trinajstić information content (AvgIpc) is 2.80.